The molecule has 1 N–H and O–H groups in total. The van der Waals surface area contributed by atoms with Crippen molar-refractivity contribution in [2.75, 3.05) is 5.32 Å². The molecule has 1 nitrogen and oxygen atoms in total. The van der Waals surface area contributed by atoms with Gasteiger partial charge in [0.1, 0.15) is 0 Å². The van der Waals surface area contributed by atoms with Gasteiger partial charge in [-0.15, -0.1) is 0 Å². The maximum Gasteiger partial charge on any atom is 0.0511 e. The van der Waals surface area contributed by atoms with E-state index in [1.807, 2.05) is 12.1 Å². The Labute approximate surface area is 127 Å². The van der Waals surface area contributed by atoms with Crippen molar-refractivity contribution >= 4 is 17.3 Å². The fourth-order valence-electron chi connectivity index (χ4n) is 2.34. The largest absolute Gasteiger partial charge is 0.378 e. The Morgan fingerprint density at radius 2 is 1.75 bits per heavy atom. The van der Waals surface area contributed by atoms with Crippen LogP contribution in [-0.4, -0.2) is 0 Å². The molecule has 0 saturated carbocycles. The van der Waals surface area contributed by atoms with E-state index in [1.165, 1.54) is 16.7 Å². The summed E-state index contributed by atoms with van der Waals surface area (Å²) in [6.07, 6.45) is 2.12. The molecule has 2 aromatic rings. The molecule has 0 saturated heterocycles. The molecule has 106 valence electrons. The fraction of sp³-hybridized carbons (Fsp3) is 0.333. The van der Waals surface area contributed by atoms with E-state index in [9.17, 15) is 0 Å². The van der Waals surface area contributed by atoms with Gasteiger partial charge in [0.25, 0.3) is 0 Å². The highest BCUT2D eigenvalue weighted by Crippen LogP contribution is 2.27. The lowest BCUT2D eigenvalue weighted by molar-refractivity contribution is 0.748. The molecule has 0 fully saturated rings. The molecule has 0 amide bonds. The Hall–Kier alpha value is -1.47. The minimum absolute atomic E-state index is 0.318. The highest BCUT2D eigenvalue weighted by molar-refractivity contribution is 6.30. The van der Waals surface area contributed by atoms with Crippen molar-refractivity contribution in [3.8, 4) is 0 Å². The second-order valence-electron chi connectivity index (χ2n) is 5.16. The van der Waals surface area contributed by atoms with E-state index in [-0.39, 0.29) is 0 Å². The van der Waals surface area contributed by atoms with E-state index in [1.54, 1.807) is 0 Å². The number of aryl methyl sites for hydroxylation is 2. The number of anilines is 1. The summed E-state index contributed by atoms with van der Waals surface area (Å²) in [6, 6.07) is 15.2. The van der Waals surface area contributed by atoms with Gasteiger partial charge in [0.15, 0.2) is 0 Å². The zero-order valence-electron chi connectivity index (χ0n) is 12.4. The minimum Gasteiger partial charge on any atom is -0.378 e. The van der Waals surface area contributed by atoms with Gasteiger partial charge in [-0.2, -0.15) is 0 Å². The molecule has 1 unspecified atom stereocenters. The second kappa shape index (κ2) is 6.81. The molecule has 0 bridgehead atoms. The lowest BCUT2D eigenvalue weighted by atomic mass is 10.0. The second-order valence-corrected chi connectivity index (χ2v) is 5.60. The van der Waals surface area contributed by atoms with E-state index < -0.39 is 0 Å². The van der Waals surface area contributed by atoms with Crippen molar-refractivity contribution in [2.45, 2.75) is 39.7 Å². The first-order valence-electron chi connectivity index (χ1n) is 7.25. The third-order valence-corrected chi connectivity index (χ3v) is 3.96. The van der Waals surface area contributed by atoms with Gasteiger partial charge in [-0.25, -0.2) is 0 Å². The Balaban J connectivity index is 2.21. The van der Waals surface area contributed by atoms with Gasteiger partial charge in [-0.3, -0.25) is 0 Å². The standard InChI is InChI=1S/C18H22ClN/c1-4-14-7-9-15(10-8-14)17(5-2)20-18-12-16(19)11-6-13(18)3/h6-12,17,20H,4-5H2,1-3H3. The fourth-order valence-corrected chi connectivity index (χ4v) is 2.52. The van der Waals surface area contributed by atoms with Crippen LogP contribution in [0.1, 0.15) is 43.0 Å². The molecular formula is C18H22ClN. The van der Waals surface area contributed by atoms with Crippen LogP contribution in [0.15, 0.2) is 42.5 Å². The molecule has 0 aliphatic rings. The summed E-state index contributed by atoms with van der Waals surface area (Å²) in [5.74, 6) is 0. The summed E-state index contributed by atoms with van der Waals surface area (Å²) in [6.45, 7) is 6.48. The zero-order chi connectivity index (χ0) is 14.5. The summed E-state index contributed by atoms with van der Waals surface area (Å²) in [5.41, 5.74) is 5.04. The van der Waals surface area contributed by atoms with Crippen molar-refractivity contribution in [3.63, 3.8) is 0 Å². The Kier molecular flexibility index (Phi) is 5.08. The molecular weight excluding hydrogens is 266 g/mol. The average Bonchev–Trinajstić information content (AvgIpc) is 2.48. The monoisotopic (exact) mass is 287 g/mol. The van der Waals surface area contributed by atoms with Gasteiger partial charge in [-0.05, 0) is 48.6 Å². The van der Waals surface area contributed by atoms with Crippen LogP contribution in [0, 0.1) is 6.92 Å². The molecule has 2 rings (SSSR count). The molecule has 0 aliphatic carbocycles. The third kappa shape index (κ3) is 3.55. The Morgan fingerprint density at radius 3 is 2.35 bits per heavy atom. The normalized spacial score (nSPS) is 12.2. The number of hydrogen-bond acceptors (Lipinski definition) is 1. The minimum atomic E-state index is 0.318. The Bertz CT molecular complexity index is 560. The van der Waals surface area contributed by atoms with Gasteiger partial charge >= 0.3 is 0 Å². The summed E-state index contributed by atoms with van der Waals surface area (Å²) >= 11 is 6.09. The number of rotatable bonds is 5. The van der Waals surface area contributed by atoms with Crippen LogP contribution in [-0.2, 0) is 6.42 Å². The van der Waals surface area contributed by atoms with E-state index in [0.29, 0.717) is 6.04 Å². The highest BCUT2D eigenvalue weighted by Gasteiger charge is 2.10. The lowest BCUT2D eigenvalue weighted by Crippen LogP contribution is -2.10. The van der Waals surface area contributed by atoms with Gasteiger partial charge in [0, 0.05) is 10.7 Å². The summed E-state index contributed by atoms with van der Waals surface area (Å²) in [5, 5.41) is 4.38. The van der Waals surface area contributed by atoms with Crippen LogP contribution < -0.4 is 5.32 Å². The first kappa shape index (κ1) is 14.9. The van der Waals surface area contributed by atoms with E-state index in [4.69, 9.17) is 11.6 Å². The third-order valence-electron chi connectivity index (χ3n) is 3.73. The first-order valence-corrected chi connectivity index (χ1v) is 7.63. The lowest BCUT2D eigenvalue weighted by Gasteiger charge is -2.20. The molecule has 0 heterocycles. The van der Waals surface area contributed by atoms with Crippen molar-refractivity contribution in [2.24, 2.45) is 0 Å². The maximum atomic E-state index is 6.09. The van der Waals surface area contributed by atoms with Crippen molar-refractivity contribution < 1.29 is 0 Å². The summed E-state index contributed by atoms with van der Waals surface area (Å²) in [7, 11) is 0. The smallest absolute Gasteiger partial charge is 0.0511 e. The maximum absolute atomic E-state index is 6.09. The average molecular weight is 288 g/mol. The van der Waals surface area contributed by atoms with E-state index in [2.05, 4.69) is 56.4 Å². The molecule has 0 aliphatic heterocycles. The van der Waals surface area contributed by atoms with Gasteiger partial charge in [0.05, 0.1) is 6.04 Å². The molecule has 0 spiro atoms. The SMILES string of the molecule is CCc1ccc(C(CC)Nc2cc(Cl)ccc2C)cc1. The number of benzene rings is 2. The topological polar surface area (TPSA) is 12.0 Å². The van der Waals surface area contributed by atoms with Gasteiger partial charge < -0.3 is 5.32 Å². The first-order chi connectivity index (χ1) is 9.63. The van der Waals surface area contributed by atoms with Crippen molar-refractivity contribution in [3.05, 3.63) is 64.2 Å². The molecule has 0 aromatic heterocycles. The molecule has 2 heteroatoms. The zero-order valence-corrected chi connectivity index (χ0v) is 13.2. The van der Waals surface area contributed by atoms with Crippen molar-refractivity contribution in [1.29, 1.82) is 0 Å². The van der Waals surface area contributed by atoms with Crippen LogP contribution >= 0.6 is 11.6 Å². The molecule has 1 atom stereocenters. The van der Waals surface area contributed by atoms with Crippen LogP contribution in [0.25, 0.3) is 0 Å². The number of halogens is 1. The van der Waals surface area contributed by atoms with E-state index >= 15 is 0 Å². The van der Waals surface area contributed by atoms with Crippen LogP contribution in [0.3, 0.4) is 0 Å². The molecule has 20 heavy (non-hydrogen) atoms. The molecule has 2 aromatic carbocycles. The van der Waals surface area contributed by atoms with E-state index in [0.717, 1.165) is 23.6 Å². The highest BCUT2D eigenvalue weighted by atomic mass is 35.5. The Morgan fingerprint density at radius 1 is 1.05 bits per heavy atom. The summed E-state index contributed by atoms with van der Waals surface area (Å²) < 4.78 is 0. The van der Waals surface area contributed by atoms with Crippen molar-refractivity contribution in [1.82, 2.24) is 0 Å². The van der Waals surface area contributed by atoms with Crippen LogP contribution in [0.2, 0.25) is 5.02 Å². The number of nitrogens with one attached hydrogen (secondary N) is 1. The summed E-state index contributed by atoms with van der Waals surface area (Å²) in [4.78, 5) is 0. The van der Waals surface area contributed by atoms with Crippen LogP contribution in [0.4, 0.5) is 5.69 Å². The van der Waals surface area contributed by atoms with Gasteiger partial charge in [0.2, 0.25) is 0 Å². The molecule has 0 radical (unpaired) electrons. The predicted octanol–water partition coefficient (Wildman–Crippen LogP) is 5.77. The number of hydrogen-bond donors (Lipinski definition) is 1. The predicted molar refractivity (Wildman–Crippen MR) is 88.7 cm³/mol. The quantitative estimate of drug-likeness (QED) is 0.735. The van der Waals surface area contributed by atoms with Gasteiger partial charge in [-0.1, -0.05) is 55.8 Å². The van der Waals surface area contributed by atoms with Crippen LogP contribution in [0.5, 0.6) is 0 Å².